The summed E-state index contributed by atoms with van der Waals surface area (Å²) in [6, 6.07) is 13.0. The van der Waals surface area contributed by atoms with Crippen molar-refractivity contribution in [2.75, 3.05) is 13.2 Å². The van der Waals surface area contributed by atoms with Gasteiger partial charge in [-0.1, -0.05) is 18.2 Å². The minimum absolute atomic E-state index is 0.0447. The first kappa shape index (κ1) is 17.6. The van der Waals surface area contributed by atoms with Crippen LogP contribution in [0.2, 0.25) is 0 Å². The maximum absolute atomic E-state index is 14.9. The monoisotopic (exact) mass is 407 g/mol. The van der Waals surface area contributed by atoms with E-state index in [4.69, 9.17) is 14.2 Å². The average molecular weight is 407 g/mol. The summed E-state index contributed by atoms with van der Waals surface area (Å²) in [6.07, 6.45) is -1.38. The summed E-state index contributed by atoms with van der Waals surface area (Å²) < 4.78 is 33.8. The Balaban J connectivity index is 1.35. The van der Waals surface area contributed by atoms with Gasteiger partial charge < -0.3 is 23.8 Å². The number of para-hydroxylation sites is 1. The zero-order valence-corrected chi connectivity index (χ0v) is 16.1. The van der Waals surface area contributed by atoms with Crippen LogP contribution in [0.15, 0.2) is 42.5 Å². The lowest BCUT2D eigenvalue weighted by molar-refractivity contribution is -0.125. The Labute approximate surface area is 170 Å². The SMILES string of the molecule is Cn1c(-c2nc3cc(O[C@@H]4COC5C(=O)CO[C@@H]54)[nH]c3cc2F)cc2ccccc21. The van der Waals surface area contributed by atoms with Gasteiger partial charge in [0.1, 0.15) is 24.5 Å². The Morgan fingerprint density at radius 2 is 2.10 bits per heavy atom. The van der Waals surface area contributed by atoms with Crippen LogP contribution in [-0.2, 0) is 21.3 Å². The summed E-state index contributed by atoms with van der Waals surface area (Å²) in [5.41, 5.74) is 3.10. The van der Waals surface area contributed by atoms with E-state index in [9.17, 15) is 9.18 Å². The first-order chi connectivity index (χ1) is 14.6. The van der Waals surface area contributed by atoms with Crippen molar-refractivity contribution >= 4 is 27.7 Å². The number of hydrogen-bond acceptors (Lipinski definition) is 5. The number of halogens is 1. The Bertz CT molecular complexity index is 1310. The third kappa shape index (κ3) is 2.57. The van der Waals surface area contributed by atoms with E-state index in [0.29, 0.717) is 22.6 Å². The first-order valence-corrected chi connectivity index (χ1v) is 9.75. The Morgan fingerprint density at radius 1 is 1.23 bits per heavy atom. The van der Waals surface area contributed by atoms with Gasteiger partial charge in [0.2, 0.25) is 0 Å². The van der Waals surface area contributed by atoms with Gasteiger partial charge in [0, 0.05) is 30.1 Å². The summed E-state index contributed by atoms with van der Waals surface area (Å²) in [4.78, 5) is 19.3. The summed E-state index contributed by atoms with van der Waals surface area (Å²) in [5.74, 6) is -0.0508. The Hall–Kier alpha value is -3.23. The van der Waals surface area contributed by atoms with Crippen molar-refractivity contribution in [1.29, 1.82) is 0 Å². The second-order valence-corrected chi connectivity index (χ2v) is 7.68. The van der Waals surface area contributed by atoms with Gasteiger partial charge in [0.05, 0.1) is 23.3 Å². The van der Waals surface area contributed by atoms with Crippen LogP contribution >= 0.6 is 0 Å². The molecule has 2 aliphatic rings. The van der Waals surface area contributed by atoms with Gasteiger partial charge in [-0.25, -0.2) is 9.37 Å². The van der Waals surface area contributed by atoms with E-state index in [1.807, 2.05) is 41.9 Å². The number of nitrogens with zero attached hydrogens (tertiary/aromatic N) is 2. The molecule has 2 saturated heterocycles. The molecule has 3 atom stereocenters. The number of aromatic nitrogens is 3. The fourth-order valence-electron chi connectivity index (χ4n) is 4.34. The van der Waals surface area contributed by atoms with Crippen molar-refractivity contribution < 1.29 is 23.4 Å². The minimum Gasteiger partial charge on any atom is -0.470 e. The molecule has 0 radical (unpaired) electrons. The maximum Gasteiger partial charge on any atom is 0.193 e. The molecule has 4 aromatic rings. The van der Waals surface area contributed by atoms with E-state index in [1.165, 1.54) is 6.07 Å². The van der Waals surface area contributed by atoms with Crippen LogP contribution in [0.3, 0.4) is 0 Å². The van der Waals surface area contributed by atoms with Crippen molar-refractivity contribution in [3.8, 4) is 17.3 Å². The number of benzene rings is 1. The van der Waals surface area contributed by atoms with Crippen molar-refractivity contribution in [1.82, 2.24) is 14.5 Å². The number of fused-ring (bicyclic) bond motifs is 3. The molecule has 0 spiro atoms. The van der Waals surface area contributed by atoms with E-state index in [-0.39, 0.29) is 24.7 Å². The van der Waals surface area contributed by atoms with Gasteiger partial charge in [-0.05, 0) is 12.1 Å². The number of H-pyrrole nitrogens is 1. The summed E-state index contributed by atoms with van der Waals surface area (Å²) in [7, 11) is 1.90. The van der Waals surface area contributed by atoms with Gasteiger partial charge in [0.15, 0.2) is 23.6 Å². The predicted octanol–water partition coefficient (Wildman–Crippen LogP) is 2.97. The van der Waals surface area contributed by atoms with Gasteiger partial charge >= 0.3 is 0 Å². The summed E-state index contributed by atoms with van der Waals surface area (Å²) >= 11 is 0. The maximum atomic E-state index is 14.9. The van der Waals surface area contributed by atoms with Crippen LogP contribution in [0.25, 0.3) is 33.3 Å². The van der Waals surface area contributed by atoms with Crippen molar-refractivity contribution in [3.63, 3.8) is 0 Å². The average Bonchev–Trinajstić information content (AvgIpc) is 3.48. The summed E-state index contributed by atoms with van der Waals surface area (Å²) in [6.45, 7) is 0.308. The highest BCUT2D eigenvalue weighted by Gasteiger charge is 2.48. The fourth-order valence-corrected chi connectivity index (χ4v) is 4.34. The molecule has 1 unspecified atom stereocenters. The van der Waals surface area contributed by atoms with E-state index in [1.54, 1.807) is 6.07 Å². The normalized spacial score (nSPS) is 23.5. The molecule has 152 valence electrons. The lowest BCUT2D eigenvalue weighted by Crippen LogP contribution is -2.33. The molecule has 0 bridgehead atoms. The number of ketones is 1. The van der Waals surface area contributed by atoms with Crippen LogP contribution in [0.5, 0.6) is 5.88 Å². The quantitative estimate of drug-likeness (QED) is 0.565. The first-order valence-electron chi connectivity index (χ1n) is 9.75. The van der Waals surface area contributed by atoms with Crippen LogP contribution in [0.4, 0.5) is 4.39 Å². The lowest BCUT2D eigenvalue weighted by Gasteiger charge is -2.15. The van der Waals surface area contributed by atoms with Gasteiger partial charge in [-0.3, -0.25) is 4.79 Å². The van der Waals surface area contributed by atoms with Crippen LogP contribution < -0.4 is 4.74 Å². The molecular formula is C22H18FN3O4. The van der Waals surface area contributed by atoms with E-state index in [2.05, 4.69) is 9.97 Å². The molecule has 0 amide bonds. The lowest BCUT2D eigenvalue weighted by atomic mass is 10.1. The highest BCUT2D eigenvalue weighted by molar-refractivity contribution is 5.88. The fraction of sp³-hybridized carbons (Fsp3) is 0.273. The molecule has 8 heteroatoms. The van der Waals surface area contributed by atoms with Crippen LogP contribution in [-0.4, -0.2) is 51.8 Å². The molecule has 0 aliphatic carbocycles. The third-order valence-corrected chi connectivity index (χ3v) is 5.84. The molecular weight excluding hydrogens is 389 g/mol. The number of pyridine rings is 1. The molecule has 30 heavy (non-hydrogen) atoms. The van der Waals surface area contributed by atoms with Crippen molar-refractivity contribution in [3.05, 3.63) is 48.3 Å². The van der Waals surface area contributed by atoms with Crippen molar-refractivity contribution in [2.45, 2.75) is 18.3 Å². The number of ether oxygens (including phenoxy) is 3. The number of nitrogens with one attached hydrogen (secondary N) is 1. The highest BCUT2D eigenvalue weighted by Crippen LogP contribution is 2.32. The van der Waals surface area contributed by atoms with E-state index >= 15 is 0 Å². The van der Waals surface area contributed by atoms with Gasteiger partial charge in [-0.15, -0.1) is 0 Å². The molecule has 1 aromatic carbocycles. The number of carbonyl (C=O) groups is 1. The second-order valence-electron chi connectivity index (χ2n) is 7.68. The smallest absolute Gasteiger partial charge is 0.193 e. The minimum atomic E-state index is -0.562. The van der Waals surface area contributed by atoms with Crippen LogP contribution in [0, 0.1) is 5.82 Å². The van der Waals surface area contributed by atoms with Gasteiger partial charge in [0.25, 0.3) is 0 Å². The second kappa shape index (κ2) is 6.38. The molecule has 6 rings (SSSR count). The molecule has 7 nitrogen and oxygen atoms in total. The number of carbonyl (C=O) groups excluding carboxylic acids is 1. The van der Waals surface area contributed by atoms with Gasteiger partial charge in [-0.2, -0.15) is 0 Å². The molecule has 0 saturated carbocycles. The summed E-state index contributed by atoms with van der Waals surface area (Å²) in [5, 5.41) is 1.02. The van der Waals surface area contributed by atoms with E-state index < -0.39 is 24.1 Å². The standard InChI is InChI=1S/C22H18FN3O4/c1-26-15-5-3-2-4-11(15)6-16(26)20-12(23)7-13-14(25-20)8-19(24-13)30-18-10-29-21-17(27)9-28-22(18)21/h2-8,18,21-22,24H,9-10H2,1H3/t18-,21?,22-/m1/s1. The third-order valence-electron chi connectivity index (χ3n) is 5.84. The number of rotatable bonds is 3. The van der Waals surface area contributed by atoms with Crippen LogP contribution in [0.1, 0.15) is 0 Å². The number of aryl methyl sites for hydroxylation is 1. The highest BCUT2D eigenvalue weighted by atomic mass is 19.1. The molecule has 3 aromatic heterocycles. The molecule has 2 aliphatic heterocycles. The number of aromatic amines is 1. The molecule has 2 fully saturated rings. The number of Topliss-reactive ketones (excluding diaryl/α,β-unsaturated/α-hetero) is 1. The zero-order chi connectivity index (χ0) is 20.4. The molecule has 1 N–H and O–H groups in total. The number of hydrogen-bond donors (Lipinski definition) is 1. The zero-order valence-electron chi connectivity index (χ0n) is 16.1. The largest absolute Gasteiger partial charge is 0.470 e. The predicted molar refractivity (Wildman–Crippen MR) is 107 cm³/mol. The Kier molecular flexibility index (Phi) is 3.75. The molecule has 5 heterocycles. The Morgan fingerprint density at radius 3 is 2.97 bits per heavy atom. The van der Waals surface area contributed by atoms with Crippen molar-refractivity contribution in [2.24, 2.45) is 7.05 Å². The topological polar surface area (TPSA) is 78.4 Å². The van der Waals surface area contributed by atoms with E-state index in [0.717, 1.165) is 10.9 Å².